The van der Waals surface area contributed by atoms with Crippen molar-refractivity contribution in [1.29, 1.82) is 0 Å². The quantitative estimate of drug-likeness (QED) is 0.798. The molecule has 4 heteroatoms. The van der Waals surface area contributed by atoms with Crippen molar-refractivity contribution in [3.05, 3.63) is 59.1 Å². The Balaban J connectivity index is 1.88. The predicted octanol–water partition coefficient (Wildman–Crippen LogP) is 3.39. The maximum atomic E-state index is 5.70. The van der Waals surface area contributed by atoms with Crippen LogP contribution in [0.25, 0.3) is 10.1 Å². The molecule has 0 bridgehead atoms. The van der Waals surface area contributed by atoms with E-state index in [1.807, 2.05) is 6.20 Å². The number of rotatable bonds is 4. The number of hydrogen-bond donors (Lipinski definition) is 1. The van der Waals surface area contributed by atoms with E-state index in [1.165, 1.54) is 15.6 Å². The summed E-state index contributed by atoms with van der Waals surface area (Å²) < 4.78 is 1.28. The van der Waals surface area contributed by atoms with Crippen LogP contribution in [-0.2, 0) is 13.1 Å². The molecule has 0 fully saturated rings. The number of nitrogens with two attached hydrogens (primary N) is 1. The van der Waals surface area contributed by atoms with Gasteiger partial charge in [0.15, 0.2) is 0 Å². The molecule has 2 aromatic heterocycles. The summed E-state index contributed by atoms with van der Waals surface area (Å²) in [6.07, 6.45) is 1.88. The van der Waals surface area contributed by atoms with E-state index >= 15 is 0 Å². The fraction of sp³-hybridized carbons (Fsp3) is 0.188. The molecule has 0 radical (unpaired) electrons. The topological polar surface area (TPSA) is 42.1 Å². The number of benzene rings is 1. The van der Waals surface area contributed by atoms with Gasteiger partial charge in [-0.2, -0.15) is 0 Å². The van der Waals surface area contributed by atoms with Gasteiger partial charge in [-0.25, -0.2) is 4.98 Å². The van der Waals surface area contributed by atoms with Crippen LogP contribution in [-0.4, -0.2) is 12.0 Å². The van der Waals surface area contributed by atoms with Gasteiger partial charge in [0, 0.05) is 36.4 Å². The summed E-state index contributed by atoms with van der Waals surface area (Å²) >= 11 is 1.75. The zero-order chi connectivity index (χ0) is 13.9. The van der Waals surface area contributed by atoms with E-state index in [0.717, 1.165) is 17.9 Å². The van der Waals surface area contributed by atoms with Gasteiger partial charge in [0.2, 0.25) is 0 Å². The number of nitrogens with zero attached hydrogens (tertiary/aromatic N) is 2. The predicted molar refractivity (Wildman–Crippen MR) is 86.1 cm³/mol. The lowest BCUT2D eigenvalue weighted by Crippen LogP contribution is -2.18. The molecule has 3 nitrogen and oxygen atoms in total. The second kappa shape index (κ2) is 5.61. The van der Waals surface area contributed by atoms with E-state index in [9.17, 15) is 0 Å². The average Bonchev–Trinajstić information content (AvgIpc) is 2.95. The highest BCUT2D eigenvalue weighted by molar-refractivity contribution is 7.17. The fourth-order valence-electron chi connectivity index (χ4n) is 2.39. The highest BCUT2D eigenvalue weighted by atomic mass is 32.1. The largest absolute Gasteiger partial charge is 0.355 e. The molecule has 20 heavy (non-hydrogen) atoms. The van der Waals surface area contributed by atoms with Gasteiger partial charge in [-0.15, -0.1) is 11.3 Å². The van der Waals surface area contributed by atoms with Crippen molar-refractivity contribution in [1.82, 2.24) is 4.98 Å². The summed E-state index contributed by atoms with van der Waals surface area (Å²) in [7, 11) is 2.08. The average molecular weight is 283 g/mol. The third-order valence-corrected chi connectivity index (χ3v) is 4.25. The normalized spacial score (nSPS) is 10.9. The first kappa shape index (κ1) is 13.1. The van der Waals surface area contributed by atoms with Crippen LogP contribution in [0.2, 0.25) is 0 Å². The molecule has 2 N–H and O–H groups in total. The van der Waals surface area contributed by atoms with Crippen molar-refractivity contribution < 1.29 is 0 Å². The Morgan fingerprint density at radius 1 is 1.20 bits per heavy atom. The van der Waals surface area contributed by atoms with Crippen LogP contribution < -0.4 is 10.6 Å². The number of fused-ring (bicyclic) bond motifs is 1. The fourth-order valence-corrected chi connectivity index (χ4v) is 3.16. The molecule has 0 atom stereocenters. The molecule has 0 amide bonds. The Morgan fingerprint density at radius 3 is 2.90 bits per heavy atom. The Kier molecular flexibility index (Phi) is 3.67. The lowest BCUT2D eigenvalue weighted by molar-refractivity contribution is 0.900. The lowest BCUT2D eigenvalue weighted by atomic mass is 10.1. The summed E-state index contributed by atoms with van der Waals surface area (Å²) in [5.74, 6) is 1.03. The molecule has 1 aromatic carbocycles. The van der Waals surface area contributed by atoms with Gasteiger partial charge < -0.3 is 10.6 Å². The van der Waals surface area contributed by atoms with E-state index in [0.29, 0.717) is 6.54 Å². The SMILES string of the molecule is CN(Cc1cccc(CN)c1)c1nccc2sccc12. The van der Waals surface area contributed by atoms with Crippen LogP contribution in [0.5, 0.6) is 0 Å². The zero-order valence-electron chi connectivity index (χ0n) is 11.4. The summed E-state index contributed by atoms with van der Waals surface area (Å²) in [4.78, 5) is 6.71. The van der Waals surface area contributed by atoms with Gasteiger partial charge in [0.05, 0.1) is 0 Å². The lowest BCUT2D eigenvalue weighted by Gasteiger charge is -2.19. The standard InChI is InChI=1S/C16H17N3S/c1-19(11-13-4-2-3-12(9-13)10-17)16-14-6-8-20-15(14)5-7-18-16/h2-9H,10-11,17H2,1H3. The third-order valence-electron chi connectivity index (χ3n) is 3.37. The molecule has 0 aliphatic carbocycles. The van der Waals surface area contributed by atoms with Crippen LogP contribution in [0.3, 0.4) is 0 Å². The highest BCUT2D eigenvalue weighted by Crippen LogP contribution is 2.28. The number of pyridine rings is 1. The Morgan fingerprint density at radius 2 is 2.05 bits per heavy atom. The summed E-state index contributed by atoms with van der Waals surface area (Å²) in [6.45, 7) is 1.41. The van der Waals surface area contributed by atoms with E-state index in [2.05, 4.69) is 58.7 Å². The van der Waals surface area contributed by atoms with Crippen LogP contribution >= 0.6 is 11.3 Å². The van der Waals surface area contributed by atoms with Crippen LogP contribution in [0.4, 0.5) is 5.82 Å². The van der Waals surface area contributed by atoms with Crippen molar-refractivity contribution in [3.63, 3.8) is 0 Å². The molecule has 0 unspecified atom stereocenters. The van der Waals surface area contributed by atoms with Crippen molar-refractivity contribution >= 4 is 27.2 Å². The third kappa shape index (κ3) is 2.53. The van der Waals surface area contributed by atoms with E-state index in [4.69, 9.17) is 5.73 Å². The maximum Gasteiger partial charge on any atom is 0.137 e. The second-order valence-electron chi connectivity index (χ2n) is 4.85. The second-order valence-corrected chi connectivity index (χ2v) is 5.79. The summed E-state index contributed by atoms with van der Waals surface area (Å²) in [5.41, 5.74) is 8.12. The number of anilines is 1. The van der Waals surface area contributed by atoms with Gasteiger partial charge in [-0.1, -0.05) is 24.3 Å². The number of thiophene rings is 1. The molecule has 2 heterocycles. The molecule has 0 saturated heterocycles. The van der Waals surface area contributed by atoms with Crippen molar-refractivity contribution in [2.24, 2.45) is 5.73 Å². The van der Waals surface area contributed by atoms with Gasteiger partial charge in [-0.05, 0) is 28.6 Å². The van der Waals surface area contributed by atoms with Gasteiger partial charge in [0.1, 0.15) is 5.82 Å². The molecular formula is C16H17N3S. The smallest absolute Gasteiger partial charge is 0.137 e. The number of hydrogen-bond acceptors (Lipinski definition) is 4. The molecule has 0 aliphatic heterocycles. The van der Waals surface area contributed by atoms with Crippen molar-refractivity contribution in [2.45, 2.75) is 13.1 Å². The maximum absolute atomic E-state index is 5.70. The van der Waals surface area contributed by atoms with Crippen LogP contribution in [0, 0.1) is 0 Å². The van der Waals surface area contributed by atoms with Crippen LogP contribution in [0.1, 0.15) is 11.1 Å². The zero-order valence-corrected chi connectivity index (χ0v) is 12.2. The van der Waals surface area contributed by atoms with Gasteiger partial charge in [0.25, 0.3) is 0 Å². The first-order valence-electron chi connectivity index (χ1n) is 6.59. The van der Waals surface area contributed by atoms with Crippen molar-refractivity contribution in [2.75, 3.05) is 11.9 Å². The first-order chi connectivity index (χ1) is 9.78. The summed E-state index contributed by atoms with van der Waals surface area (Å²) in [6, 6.07) is 12.6. The van der Waals surface area contributed by atoms with E-state index in [1.54, 1.807) is 11.3 Å². The monoisotopic (exact) mass is 283 g/mol. The highest BCUT2D eigenvalue weighted by Gasteiger charge is 2.09. The molecule has 102 valence electrons. The van der Waals surface area contributed by atoms with E-state index in [-0.39, 0.29) is 0 Å². The Labute approximate surface area is 122 Å². The molecular weight excluding hydrogens is 266 g/mol. The minimum Gasteiger partial charge on any atom is -0.355 e. The van der Waals surface area contributed by atoms with E-state index < -0.39 is 0 Å². The summed E-state index contributed by atoms with van der Waals surface area (Å²) in [5, 5.41) is 3.33. The Hall–Kier alpha value is -1.91. The molecule has 3 rings (SSSR count). The molecule has 0 aliphatic rings. The minimum absolute atomic E-state index is 0.579. The van der Waals surface area contributed by atoms with Crippen LogP contribution in [0.15, 0.2) is 48.0 Å². The van der Waals surface area contributed by atoms with Gasteiger partial charge >= 0.3 is 0 Å². The Bertz CT molecular complexity index is 720. The molecule has 0 spiro atoms. The first-order valence-corrected chi connectivity index (χ1v) is 7.47. The van der Waals surface area contributed by atoms with Gasteiger partial charge in [-0.3, -0.25) is 0 Å². The minimum atomic E-state index is 0.579. The molecule has 3 aromatic rings. The molecule has 0 saturated carbocycles. The van der Waals surface area contributed by atoms with Crippen molar-refractivity contribution in [3.8, 4) is 0 Å². The number of aromatic nitrogens is 1.